The van der Waals surface area contributed by atoms with Gasteiger partial charge in [-0.25, -0.2) is 0 Å². The lowest BCUT2D eigenvalue weighted by Gasteiger charge is -2.15. The number of benzene rings is 1. The Morgan fingerprint density at radius 1 is 1.05 bits per heavy atom. The Bertz CT molecular complexity index is 496. The highest BCUT2D eigenvalue weighted by molar-refractivity contribution is 5.58. The van der Waals surface area contributed by atoms with E-state index in [0.717, 1.165) is 29.8 Å². The number of methoxy groups -OCH3 is 1. The molecular formula is C17H21NO. The van der Waals surface area contributed by atoms with E-state index in [-0.39, 0.29) is 6.10 Å². The highest BCUT2D eigenvalue weighted by atomic mass is 16.5. The van der Waals surface area contributed by atoms with E-state index < -0.39 is 0 Å². The molecule has 0 amide bonds. The summed E-state index contributed by atoms with van der Waals surface area (Å²) in [7, 11) is 1.76. The van der Waals surface area contributed by atoms with Gasteiger partial charge in [-0.15, -0.1) is 0 Å². The van der Waals surface area contributed by atoms with Gasteiger partial charge in [0.15, 0.2) is 0 Å². The maximum atomic E-state index is 5.57. The molecule has 2 aromatic rings. The first-order valence-electron chi connectivity index (χ1n) is 6.90. The summed E-state index contributed by atoms with van der Waals surface area (Å²) in [6.45, 7) is 2.19. The average Bonchev–Trinajstić information content (AvgIpc) is 2.49. The Kier molecular flexibility index (Phi) is 5.10. The van der Waals surface area contributed by atoms with Gasteiger partial charge in [0.05, 0.1) is 17.5 Å². The number of pyridine rings is 1. The van der Waals surface area contributed by atoms with E-state index >= 15 is 0 Å². The molecule has 100 valence electrons. The Balaban J connectivity index is 2.23. The van der Waals surface area contributed by atoms with E-state index in [1.54, 1.807) is 7.11 Å². The fourth-order valence-electron chi connectivity index (χ4n) is 2.18. The summed E-state index contributed by atoms with van der Waals surface area (Å²) in [5.74, 6) is 0. The molecule has 2 nitrogen and oxygen atoms in total. The van der Waals surface area contributed by atoms with Crippen molar-refractivity contribution in [3.05, 3.63) is 54.2 Å². The Labute approximate surface area is 115 Å². The highest BCUT2D eigenvalue weighted by Gasteiger charge is 2.12. The standard InChI is InChI=1S/C17H21NO/c1-3-4-13-17(19-2)16-12-8-11-15(18-16)14-9-6-5-7-10-14/h5-12,17H,3-4,13H2,1-2H3. The van der Waals surface area contributed by atoms with Crippen molar-refractivity contribution >= 4 is 0 Å². The molecule has 2 rings (SSSR count). The summed E-state index contributed by atoms with van der Waals surface area (Å²) in [6.07, 6.45) is 3.47. The molecule has 0 fully saturated rings. The van der Waals surface area contributed by atoms with Crippen LogP contribution in [-0.2, 0) is 4.74 Å². The van der Waals surface area contributed by atoms with Crippen LogP contribution in [0.4, 0.5) is 0 Å². The minimum absolute atomic E-state index is 0.101. The third kappa shape index (κ3) is 3.65. The van der Waals surface area contributed by atoms with Gasteiger partial charge in [0, 0.05) is 12.7 Å². The zero-order valence-corrected chi connectivity index (χ0v) is 11.7. The molecule has 1 aromatic carbocycles. The van der Waals surface area contributed by atoms with E-state index in [0.29, 0.717) is 0 Å². The van der Waals surface area contributed by atoms with Crippen molar-refractivity contribution in [1.82, 2.24) is 4.98 Å². The number of ether oxygens (including phenoxy) is 1. The maximum absolute atomic E-state index is 5.57. The quantitative estimate of drug-likeness (QED) is 0.751. The van der Waals surface area contributed by atoms with Crippen molar-refractivity contribution in [3.8, 4) is 11.3 Å². The highest BCUT2D eigenvalue weighted by Crippen LogP contribution is 2.24. The second kappa shape index (κ2) is 7.05. The normalized spacial score (nSPS) is 12.3. The molecule has 0 aliphatic carbocycles. The summed E-state index contributed by atoms with van der Waals surface area (Å²) in [5.41, 5.74) is 3.18. The third-order valence-corrected chi connectivity index (χ3v) is 3.27. The first kappa shape index (κ1) is 13.8. The number of nitrogens with zero attached hydrogens (tertiary/aromatic N) is 1. The number of aromatic nitrogens is 1. The molecule has 0 radical (unpaired) electrons. The topological polar surface area (TPSA) is 22.1 Å². The Morgan fingerprint density at radius 2 is 1.84 bits per heavy atom. The van der Waals surface area contributed by atoms with Crippen LogP contribution in [0.1, 0.15) is 38.0 Å². The lowest BCUT2D eigenvalue weighted by atomic mass is 10.1. The molecule has 19 heavy (non-hydrogen) atoms. The molecule has 1 atom stereocenters. The average molecular weight is 255 g/mol. The van der Waals surface area contributed by atoms with E-state index in [9.17, 15) is 0 Å². The van der Waals surface area contributed by atoms with Crippen molar-refractivity contribution in [2.24, 2.45) is 0 Å². The number of hydrogen-bond acceptors (Lipinski definition) is 2. The van der Waals surface area contributed by atoms with Gasteiger partial charge < -0.3 is 4.74 Å². The third-order valence-electron chi connectivity index (χ3n) is 3.27. The maximum Gasteiger partial charge on any atom is 0.0991 e. The van der Waals surface area contributed by atoms with Gasteiger partial charge in [0.2, 0.25) is 0 Å². The molecule has 0 saturated heterocycles. The van der Waals surface area contributed by atoms with Crippen LogP contribution in [0.15, 0.2) is 48.5 Å². The van der Waals surface area contributed by atoms with Gasteiger partial charge in [-0.3, -0.25) is 4.98 Å². The predicted molar refractivity (Wildman–Crippen MR) is 78.9 cm³/mol. The molecular weight excluding hydrogens is 234 g/mol. The van der Waals surface area contributed by atoms with Gasteiger partial charge in [-0.1, -0.05) is 56.2 Å². The first-order valence-corrected chi connectivity index (χ1v) is 6.90. The number of unbranched alkanes of at least 4 members (excludes halogenated alkanes) is 1. The van der Waals surface area contributed by atoms with Crippen LogP contribution < -0.4 is 0 Å². The predicted octanol–water partition coefficient (Wildman–Crippen LogP) is 4.63. The second-order valence-corrected chi connectivity index (χ2v) is 4.68. The SMILES string of the molecule is CCCCC(OC)c1cccc(-c2ccccc2)n1. The first-order chi connectivity index (χ1) is 9.35. The summed E-state index contributed by atoms with van der Waals surface area (Å²) in [5, 5.41) is 0. The molecule has 1 heterocycles. The summed E-state index contributed by atoms with van der Waals surface area (Å²) in [6, 6.07) is 16.4. The lowest BCUT2D eigenvalue weighted by Crippen LogP contribution is -2.04. The second-order valence-electron chi connectivity index (χ2n) is 4.68. The van der Waals surface area contributed by atoms with Gasteiger partial charge in [0.25, 0.3) is 0 Å². The zero-order chi connectivity index (χ0) is 13.5. The van der Waals surface area contributed by atoms with Gasteiger partial charge in [-0.2, -0.15) is 0 Å². The molecule has 1 unspecified atom stereocenters. The summed E-state index contributed by atoms with van der Waals surface area (Å²) in [4.78, 5) is 4.74. The lowest BCUT2D eigenvalue weighted by molar-refractivity contribution is 0.0902. The van der Waals surface area contributed by atoms with E-state index in [4.69, 9.17) is 9.72 Å². The van der Waals surface area contributed by atoms with E-state index in [1.807, 2.05) is 24.3 Å². The van der Waals surface area contributed by atoms with Crippen LogP contribution in [0.5, 0.6) is 0 Å². The van der Waals surface area contributed by atoms with Crippen LogP contribution in [-0.4, -0.2) is 12.1 Å². The number of hydrogen-bond donors (Lipinski definition) is 0. The Hall–Kier alpha value is -1.67. The zero-order valence-electron chi connectivity index (χ0n) is 11.7. The molecule has 0 aliphatic heterocycles. The van der Waals surface area contributed by atoms with Gasteiger partial charge in [-0.05, 0) is 18.6 Å². The van der Waals surface area contributed by atoms with Gasteiger partial charge in [0.1, 0.15) is 0 Å². The molecule has 0 spiro atoms. The number of rotatable bonds is 6. The molecule has 2 heteroatoms. The van der Waals surface area contributed by atoms with Crippen molar-refractivity contribution in [1.29, 1.82) is 0 Å². The van der Waals surface area contributed by atoms with E-state index in [2.05, 4.69) is 31.2 Å². The molecule has 0 saturated carbocycles. The van der Waals surface area contributed by atoms with Crippen molar-refractivity contribution in [2.45, 2.75) is 32.3 Å². The molecule has 0 aliphatic rings. The molecule has 1 aromatic heterocycles. The summed E-state index contributed by atoms with van der Waals surface area (Å²) >= 11 is 0. The minimum Gasteiger partial charge on any atom is -0.375 e. The van der Waals surface area contributed by atoms with Crippen LogP contribution in [0.3, 0.4) is 0 Å². The van der Waals surface area contributed by atoms with Crippen LogP contribution in [0.25, 0.3) is 11.3 Å². The minimum atomic E-state index is 0.101. The van der Waals surface area contributed by atoms with E-state index in [1.165, 1.54) is 6.42 Å². The smallest absolute Gasteiger partial charge is 0.0991 e. The largest absolute Gasteiger partial charge is 0.375 e. The van der Waals surface area contributed by atoms with Crippen LogP contribution in [0.2, 0.25) is 0 Å². The fourth-order valence-corrected chi connectivity index (χ4v) is 2.18. The monoisotopic (exact) mass is 255 g/mol. The van der Waals surface area contributed by atoms with Crippen LogP contribution in [0, 0.1) is 0 Å². The molecule has 0 bridgehead atoms. The van der Waals surface area contributed by atoms with Gasteiger partial charge >= 0.3 is 0 Å². The molecule has 0 N–H and O–H groups in total. The van der Waals surface area contributed by atoms with Crippen LogP contribution >= 0.6 is 0 Å². The Morgan fingerprint density at radius 3 is 2.53 bits per heavy atom. The van der Waals surface area contributed by atoms with Crippen molar-refractivity contribution in [2.75, 3.05) is 7.11 Å². The summed E-state index contributed by atoms with van der Waals surface area (Å²) < 4.78 is 5.57. The van der Waals surface area contributed by atoms with Crippen molar-refractivity contribution < 1.29 is 4.74 Å². The fraction of sp³-hybridized carbons (Fsp3) is 0.353. The van der Waals surface area contributed by atoms with Crippen molar-refractivity contribution in [3.63, 3.8) is 0 Å².